The van der Waals surface area contributed by atoms with Gasteiger partial charge < -0.3 is 15.1 Å². The van der Waals surface area contributed by atoms with E-state index in [9.17, 15) is 9.59 Å². The molecule has 1 aromatic carbocycles. The average Bonchev–Trinajstić information content (AvgIpc) is 3.12. The van der Waals surface area contributed by atoms with Crippen LogP contribution in [-0.2, 0) is 4.79 Å². The Hall–Kier alpha value is -2.74. The van der Waals surface area contributed by atoms with E-state index in [0.717, 1.165) is 18.8 Å². The lowest BCUT2D eigenvalue weighted by atomic mass is 10.3. The molecule has 2 amide bonds. The summed E-state index contributed by atoms with van der Waals surface area (Å²) in [5.74, 6) is -0.372. The Morgan fingerprint density at radius 3 is 2.62 bits per heavy atom. The first kappa shape index (κ1) is 16.1. The van der Waals surface area contributed by atoms with Crippen molar-refractivity contribution < 1.29 is 9.59 Å². The zero-order chi connectivity index (χ0) is 16.9. The van der Waals surface area contributed by atoms with E-state index in [-0.39, 0.29) is 24.1 Å². The molecular weight excluding hydrogens is 308 g/mol. The Bertz CT molecular complexity index is 708. The van der Waals surface area contributed by atoms with Crippen LogP contribution in [-0.4, -0.2) is 76.4 Å². The van der Waals surface area contributed by atoms with Crippen LogP contribution in [0.3, 0.4) is 0 Å². The maximum absolute atomic E-state index is 12.4. The molecule has 0 atom stereocenters. The Morgan fingerprint density at radius 2 is 1.92 bits per heavy atom. The highest BCUT2D eigenvalue weighted by Gasteiger charge is 2.22. The van der Waals surface area contributed by atoms with E-state index in [4.69, 9.17) is 0 Å². The lowest BCUT2D eigenvalue weighted by Crippen LogP contribution is -2.49. The van der Waals surface area contributed by atoms with E-state index in [1.807, 2.05) is 30.3 Å². The maximum Gasteiger partial charge on any atom is 0.276 e. The van der Waals surface area contributed by atoms with Gasteiger partial charge in [-0.15, -0.1) is 5.10 Å². The molecule has 0 radical (unpaired) electrons. The average molecular weight is 328 g/mol. The van der Waals surface area contributed by atoms with Gasteiger partial charge in [-0.3, -0.25) is 9.59 Å². The zero-order valence-electron chi connectivity index (χ0n) is 13.6. The lowest BCUT2D eigenvalue weighted by Gasteiger charge is -2.29. The van der Waals surface area contributed by atoms with Gasteiger partial charge in [-0.25, -0.2) is 0 Å². The fourth-order valence-corrected chi connectivity index (χ4v) is 2.53. The summed E-state index contributed by atoms with van der Waals surface area (Å²) in [5, 5.41) is 11.5. The van der Waals surface area contributed by atoms with Gasteiger partial charge >= 0.3 is 0 Å². The summed E-state index contributed by atoms with van der Waals surface area (Å²) in [5.41, 5.74) is 0.991. The van der Waals surface area contributed by atoms with Crippen molar-refractivity contribution in [2.24, 2.45) is 0 Å². The smallest absolute Gasteiger partial charge is 0.276 e. The summed E-state index contributed by atoms with van der Waals surface area (Å²) >= 11 is 0. The molecule has 1 aliphatic rings. The largest absolute Gasteiger partial charge is 0.339 e. The predicted octanol–water partition coefficient (Wildman–Crippen LogP) is -0.229. The third-order valence-electron chi connectivity index (χ3n) is 3.89. The van der Waals surface area contributed by atoms with Crippen molar-refractivity contribution in [3.05, 3.63) is 42.2 Å². The Balaban J connectivity index is 1.63. The van der Waals surface area contributed by atoms with Gasteiger partial charge in [0.1, 0.15) is 0 Å². The molecule has 2 aromatic rings. The molecule has 3 rings (SSSR count). The normalized spacial score (nSPS) is 14.5. The highest BCUT2D eigenvalue weighted by molar-refractivity contribution is 5.94. The summed E-state index contributed by atoms with van der Waals surface area (Å²) < 4.78 is 0. The molecule has 0 aliphatic carbocycles. The first-order chi connectivity index (χ1) is 11.6. The number of carbonyl (C=O) groups is 2. The van der Waals surface area contributed by atoms with Crippen molar-refractivity contribution in [1.29, 1.82) is 0 Å². The van der Waals surface area contributed by atoms with Crippen molar-refractivity contribution in [2.45, 2.75) is 0 Å². The summed E-state index contributed by atoms with van der Waals surface area (Å²) in [4.78, 5) is 29.2. The van der Waals surface area contributed by atoms with Crippen LogP contribution < -0.4 is 5.32 Å². The van der Waals surface area contributed by atoms with E-state index in [1.165, 1.54) is 15.9 Å². The molecular formula is C16H20N6O2. The van der Waals surface area contributed by atoms with Crippen LogP contribution in [0.1, 0.15) is 10.5 Å². The minimum atomic E-state index is -0.319. The number of nitrogens with one attached hydrogen (secondary N) is 1. The molecule has 1 aliphatic heterocycles. The van der Waals surface area contributed by atoms with Crippen LogP contribution in [0, 0.1) is 0 Å². The number of piperazine rings is 1. The predicted molar refractivity (Wildman–Crippen MR) is 87.8 cm³/mol. The highest BCUT2D eigenvalue weighted by Crippen LogP contribution is 2.06. The quantitative estimate of drug-likeness (QED) is 0.838. The molecule has 1 saturated heterocycles. The van der Waals surface area contributed by atoms with E-state index in [0.29, 0.717) is 13.1 Å². The molecule has 2 heterocycles. The van der Waals surface area contributed by atoms with Crippen LogP contribution in [0.4, 0.5) is 0 Å². The minimum Gasteiger partial charge on any atom is -0.339 e. The van der Waals surface area contributed by atoms with Crippen molar-refractivity contribution in [1.82, 2.24) is 30.1 Å². The highest BCUT2D eigenvalue weighted by atomic mass is 16.2. The fraction of sp³-hybridized carbons (Fsp3) is 0.375. The van der Waals surface area contributed by atoms with E-state index < -0.39 is 0 Å². The van der Waals surface area contributed by atoms with Crippen molar-refractivity contribution in [2.75, 3.05) is 39.8 Å². The number of para-hydroxylation sites is 1. The fourth-order valence-electron chi connectivity index (χ4n) is 2.53. The number of carbonyl (C=O) groups excluding carboxylic acids is 2. The van der Waals surface area contributed by atoms with Gasteiger partial charge in [0.05, 0.1) is 18.4 Å². The van der Waals surface area contributed by atoms with Crippen LogP contribution in [0.15, 0.2) is 36.5 Å². The monoisotopic (exact) mass is 328 g/mol. The molecule has 0 saturated carbocycles. The van der Waals surface area contributed by atoms with Crippen LogP contribution in [0.2, 0.25) is 0 Å². The van der Waals surface area contributed by atoms with Crippen molar-refractivity contribution >= 4 is 11.8 Å². The van der Waals surface area contributed by atoms with Crippen LogP contribution in [0.25, 0.3) is 5.69 Å². The molecule has 0 bridgehead atoms. The molecule has 1 fully saturated rings. The maximum atomic E-state index is 12.4. The van der Waals surface area contributed by atoms with Gasteiger partial charge in [0, 0.05) is 33.2 Å². The molecule has 8 nitrogen and oxygen atoms in total. The van der Waals surface area contributed by atoms with E-state index in [2.05, 4.69) is 15.5 Å². The third kappa shape index (κ3) is 3.60. The number of aromatic nitrogens is 3. The Kier molecular flexibility index (Phi) is 4.85. The summed E-state index contributed by atoms with van der Waals surface area (Å²) in [6, 6.07) is 9.35. The van der Waals surface area contributed by atoms with Gasteiger partial charge in [0.15, 0.2) is 5.69 Å². The number of amides is 2. The molecule has 24 heavy (non-hydrogen) atoms. The Labute approximate surface area is 140 Å². The minimum absolute atomic E-state index is 0.0387. The zero-order valence-corrected chi connectivity index (χ0v) is 13.6. The first-order valence-corrected chi connectivity index (χ1v) is 7.87. The van der Waals surface area contributed by atoms with Gasteiger partial charge in [-0.1, -0.05) is 18.2 Å². The van der Waals surface area contributed by atoms with E-state index in [1.54, 1.807) is 11.9 Å². The molecule has 0 unspecified atom stereocenters. The second-order valence-electron chi connectivity index (χ2n) is 5.65. The molecule has 1 aromatic heterocycles. The SMILES string of the molecule is CN(CC(=O)N1CCNCC1)C(=O)c1cnn(-c2ccccc2)n1. The van der Waals surface area contributed by atoms with E-state index >= 15 is 0 Å². The molecule has 126 valence electrons. The number of hydrogen-bond acceptors (Lipinski definition) is 5. The molecule has 1 N–H and O–H groups in total. The summed E-state index contributed by atoms with van der Waals surface area (Å²) in [7, 11) is 1.60. The summed E-state index contributed by atoms with van der Waals surface area (Å²) in [6.07, 6.45) is 1.42. The van der Waals surface area contributed by atoms with Crippen LogP contribution >= 0.6 is 0 Å². The lowest BCUT2D eigenvalue weighted by molar-refractivity contribution is -0.132. The molecule has 8 heteroatoms. The van der Waals surface area contributed by atoms with Crippen LogP contribution in [0.5, 0.6) is 0 Å². The standard InChI is InChI=1S/C16H20N6O2/c1-20(12-15(23)21-9-7-17-8-10-21)16(24)14-11-18-22(19-14)13-5-3-2-4-6-13/h2-6,11,17H,7-10,12H2,1H3. The number of nitrogens with zero attached hydrogens (tertiary/aromatic N) is 5. The van der Waals surface area contributed by atoms with Gasteiger partial charge in [0.25, 0.3) is 5.91 Å². The van der Waals surface area contributed by atoms with Gasteiger partial charge in [-0.05, 0) is 12.1 Å². The second-order valence-corrected chi connectivity index (χ2v) is 5.65. The summed E-state index contributed by atoms with van der Waals surface area (Å²) in [6.45, 7) is 2.96. The third-order valence-corrected chi connectivity index (χ3v) is 3.89. The number of likely N-dealkylation sites (N-methyl/N-ethyl adjacent to an activating group) is 1. The number of rotatable bonds is 4. The van der Waals surface area contributed by atoms with Gasteiger partial charge in [-0.2, -0.15) is 9.90 Å². The number of hydrogen-bond donors (Lipinski definition) is 1. The Morgan fingerprint density at radius 1 is 1.21 bits per heavy atom. The molecule has 0 spiro atoms. The second kappa shape index (κ2) is 7.22. The van der Waals surface area contributed by atoms with Crippen molar-refractivity contribution in [3.8, 4) is 5.69 Å². The number of benzene rings is 1. The first-order valence-electron chi connectivity index (χ1n) is 7.87. The van der Waals surface area contributed by atoms with Crippen molar-refractivity contribution in [3.63, 3.8) is 0 Å². The van der Waals surface area contributed by atoms with Gasteiger partial charge in [0.2, 0.25) is 5.91 Å². The topological polar surface area (TPSA) is 83.4 Å².